The molecule has 55 heavy (non-hydrogen) atoms. The molecule has 7 aromatic rings. The molecule has 0 spiro atoms. The van der Waals surface area contributed by atoms with Crippen LogP contribution in [0.3, 0.4) is 0 Å². The second-order valence-corrected chi connectivity index (χ2v) is 13.0. The number of carbonyl (C=O) groups is 1. The number of benzene rings is 6. The zero-order chi connectivity index (χ0) is 39.1. The highest BCUT2D eigenvalue weighted by Gasteiger charge is 2.40. The van der Waals surface area contributed by atoms with E-state index in [9.17, 15) is 50.8 Å². The molecule has 0 amide bonds. The van der Waals surface area contributed by atoms with Crippen molar-refractivity contribution in [2.24, 2.45) is 0 Å². The zero-order valence-electron chi connectivity index (χ0n) is 28.5. The van der Waals surface area contributed by atoms with Crippen LogP contribution in [0.15, 0.2) is 131 Å². The van der Waals surface area contributed by atoms with Crippen LogP contribution in [-0.4, -0.2) is 51.7 Å². The van der Waals surface area contributed by atoms with Crippen LogP contribution in [0.5, 0.6) is 51.7 Å². The zero-order valence-corrected chi connectivity index (χ0v) is 28.5. The fourth-order valence-corrected chi connectivity index (χ4v) is 7.06. The van der Waals surface area contributed by atoms with Crippen molar-refractivity contribution < 1.29 is 55.2 Å². The molecular formula is C43H32O12. The van der Waals surface area contributed by atoms with E-state index in [2.05, 4.69) is 0 Å². The fraction of sp³-hybridized carbons (Fsp3) is 0.0698. The summed E-state index contributed by atoms with van der Waals surface area (Å²) in [6.45, 7) is 0. The second kappa shape index (κ2) is 14.1. The summed E-state index contributed by atoms with van der Waals surface area (Å²) in [6, 6.07) is 26.0. The second-order valence-electron chi connectivity index (χ2n) is 13.0. The molecule has 0 aliphatic carbocycles. The molecule has 0 unspecified atom stereocenters. The van der Waals surface area contributed by atoms with Crippen molar-refractivity contribution in [2.75, 3.05) is 0 Å². The number of Topliss-reactive ketones (excluding diaryl/α,β-unsaturated/α-hetero) is 1. The molecule has 0 bridgehead atoms. The molecule has 0 fully saturated rings. The average molecular weight is 741 g/mol. The lowest BCUT2D eigenvalue weighted by Gasteiger charge is -2.29. The molecule has 0 radical (unpaired) electrons. The summed E-state index contributed by atoms with van der Waals surface area (Å²) in [5.41, 5.74) is -0.787. The van der Waals surface area contributed by atoms with Gasteiger partial charge >= 0.3 is 0 Å². The van der Waals surface area contributed by atoms with Gasteiger partial charge < -0.3 is 50.4 Å². The third kappa shape index (κ3) is 6.64. The number of fused-ring (bicyclic) bond motifs is 1. The number of hydrogen-bond donors (Lipinski definition) is 9. The van der Waals surface area contributed by atoms with E-state index in [4.69, 9.17) is 4.42 Å². The molecule has 1 atom stereocenters. The normalized spacial score (nSPS) is 12.0. The highest BCUT2D eigenvalue weighted by atomic mass is 16.3. The molecular weight excluding hydrogens is 708 g/mol. The Labute approximate surface area is 311 Å². The van der Waals surface area contributed by atoms with E-state index in [-0.39, 0.29) is 45.1 Å². The number of ketones is 1. The van der Waals surface area contributed by atoms with E-state index >= 15 is 4.79 Å². The molecule has 0 saturated heterocycles. The van der Waals surface area contributed by atoms with Crippen LogP contribution >= 0.6 is 0 Å². The number of aromatic hydroxyl groups is 9. The van der Waals surface area contributed by atoms with Gasteiger partial charge in [0, 0.05) is 41.2 Å². The highest BCUT2D eigenvalue weighted by molar-refractivity contribution is 6.07. The van der Waals surface area contributed by atoms with Gasteiger partial charge in [-0.15, -0.1) is 0 Å². The fourth-order valence-electron chi connectivity index (χ4n) is 7.06. The van der Waals surface area contributed by atoms with E-state index in [0.717, 1.165) is 24.5 Å². The first kappa shape index (κ1) is 35.8. The molecule has 1 aromatic heterocycles. The Morgan fingerprint density at radius 2 is 0.964 bits per heavy atom. The summed E-state index contributed by atoms with van der Waals surface area (Å²) >= 11 is 0. The quantitative estimate of drug-likeness (QED) is 0.0532. The molecule has 7 rings (SSSR count). The number of phenols is 9. The molecule has 0 aliphatic rings. The van der Waals surface area contributed by atoms with Gasteiger partial charge in [0.2, 0.25) is 0 Å². The van der Waals surface area contributed by atoms with Gasteiger partial charge in [-0.3, -0.25) is 9.59 Å². The van der Waals surface area contributed by atoms with Crippen molar-refractivity contribution in [3.8, 4) is 51.7 Å². The lowest BCUT2D eigenvalue weighted by molar-refractivity contribution is 0.0944. The third-order valence-electron chi connectivity index (χ3n) is 9.61. The largest absolute Gasteiger partial charge is 0.508 e. The third-order valence-corrected chi connectivity index (χ3v) is 9.61. The smallest absolute Gasteiger partial charge is 0.200 e. The van der Waals surface area contributed by atoms with Crippen molar-refractivity contribution in [1.82, 2.24) is 0 Å². The van der Waals surface area contributed by atoms with Gasteiger partial charge in [-0.25, -0.2) is 0 Å². The number of carbonyl (C=O) groups excluding carboxylic acids is 1. The van der Waals surface area contributed by atoms with Crippen molar-refractivity contribution in [1.29, 1.82) is 0 Å². The predicted octanol–water partition coefficient (Wildman–Crippen LogP) is 7.12. The number of hydrogen-bond acceptors (Lipinski definition) is 12. The summed E-state index contributed by atoms with van der Waals surface area (Å²) < 4.78 is 5.73. The van der Waals surface area contributed by atoms with Gasteiger partial charge in [-0.1, -0.05) is 48.5 Å². The summed E-state index contributed by atoms with van der Waals surface area (Å²) in [5.74, 6) is -8.66. The van der Waals surface area contributed by atoms with Gasteiger partial charge in [0.05, 0.1) is 12.2 Å². The van der Waals surface area contributed by atoms with E-state index in [1.165, 1.54) is 97.1 Å². The van der Waals surface area contributed by atoms with Crippen LogP contribution in [0.25, 0.3) is 11.0 Å². The maximum absolute atomic E-state index is 15.3. The van der Waals surface area contributed by atoms with Gasteiger partial charge in [0.1, 0.15) is 68.3 Å². The summed E-state index contributed by atoms with van der Waals surface area (Å²) in [5, 5.41) is 95.9. The van der Waals surface area contributed by atoms with Crippen molar-refractivity contribution >= 4 is 16.8 Å². The molecule has 6 aromatic carbocycles. The van der Waals surface area contributed by atoms with E-state index in [1.54, 1.807) is 0 Å². The standard InChI is InChI=1S/C43H32O12/c44-25-9-1-21(2-10-25)35(22-3-11-26(45)12-4-22)37(30-20-55-34-18-29(48)17-31(49)38(34)41(30)52)42(53)40-33(51)19-32(50)39(43(40)54)36(23-5-13-27(46)14-6-23)24-7-15-28(47)16-8-24/h1-20,35-37,44-51,54H/t37-/m0/s1. The maximum Gasteiger partial charge on any atom is 0.200 e. The minimum absolute atomic E-state index is 0.0731. The maximum atomic E-state index is 15.3. The average Bonchev–Trinajstić information content (AvgIpc) is 3.14. The molecule has 9 N–H and O–H groups in total. The highest BCUT2D eigenvalue weighted by Crippen LogP contribution is 2.50. The van der Waals surface area contributed by atoms with Crippen LogP contribution in [0, 0.1) is 0 Å². The van der Waals surface area contributed by atoms with Crippen LogP contribution in [0.1, 0.15) is 61.5 Å². The first-order valence-electron chi connectivity index (χ1n) is 16.8. The van der Waals surface area contributed by atoms with Crippen LogP contribution in [0.2, 0.25) is 0 Å². The number of phenolic OH excluding ortho intramolecular Hbond substituents is 9. The van der Waals surface area contributed by atoms with Crippen LogP contribution < -0.4 is 5.43 Å². The molecule has 12 nitrogen and oxygen atoms in total. The first-order valence-corrected chi connectivity index (χ1v) is 16.8. The Bertz CT molecular complexity index is 2520. The van der Waals surface area contributed by atoms with Crippen molar-refractivity contribution in [3.63, 3.8) is 0 Å². The topological polar surface area (TPSA) is 229 Å². The lowest BCUT2D eigenvalue weighted by Crippen LogP contribution is -2.27. The van der Waals surface area contributed by atoms with Gasteiger partial charge in [0.25, 0.3) is 0 Å². The van der Waals surface area contributed by atoms with E-state index in [0.29, 0.717) is 22.3 Å². The SMILES string of the molecule is O=C(c1c(O)cc(O)c(C(c2ccc(O)cc2)c2ccc(O)cc2)c1O)[C@@H](c1coc2cc(O)cc(O)c2c1=O)C(c1ccc(O)cc1)c1ccc(O)cc1. The molecule has 1 heterocycles. The van der Waals surface area contributed by atoms with E-state index in [1.807, 2.05) is 0 Å². The van der Waals surface area contributed by atoms with Crippen molar-refractivity contribution in [3.05, 3.63) is 171 Å². The Balaban J connectivity index is 1.53. The summed E-state index contributed by atoms with van der Waals surface area (Å²) in [6.07, 6.45) is 0.977. The molecule has 0 aliphatic heterocycles. The van der Waals surface area contributed by atoms with E-state index < -0.39 is 63.3 Å². The summed E-state index contributed by atoms with van der Waals surface area (Å²) in [4.78, 5) is 29.7. The van der Waals surface area contributed by atoms with Crippen molar-refractivity contribution in [2.45, 2.75) is 17.8 Å². The Morgan fingerprint density at radius 3 is 1.44 bits per heavy atom. The first-order chi connectivity index (χ1) is 26.3. The molecule has 0 saturated carbocycles. The van der Waals surface area contributed by atoms with Gasteiger partial charge in [-0.05, 0) is 70.8 Å². The Hall–Kier alpha value is -7.60. The lowest BCUT2D eigenvalue weighted by atomic mass is 9.73. The molecule has 276 valence electrons. The Morgan fingerprint density at radius 1 is 0.509 bits per heavy atom. The van der Waals surface area contributed by atoms with Gasteiger partial charge in [-0.2, -0.15) is 0 Å². The van der Waals surface area contributed by atoms with Crippen LogP contribution in [0.4, 0.5) is 0 Å². The number of rotatable bonds is 9. The monoisotopic (exact) mass is 740 g/mol. The van der Waals surface area contributed by atoms with Crippen LogP contribution in [-0.2, 0) is 0 Å². The van der Waals surface area contributed by atoms with Gasteiger partial charge in [0.15, 0.2) is 11.2 Å². The summed E-state index contributed by atoms with van der Waals surface area (Å²) in [7, 11) is 0. The molecule has 12 heteroatoms. The Kier molecular flexibility index (Phi) is 9.17. The minimum Gasteiger partial charge on any atom is -0.508 e. The minimum atomic E-state index is -1.68. The predicted molar refractivity (Wildman–Crippen MR) is 200 cm³/mol.